The van der Waals surface area contributed by atoms with Crippen molar-refractivity contribution in [3.05, 3.63) is 47.0 Å². The predicted molar refractivity (Wildman–Crippen MR) is 104 cm³/mol. The van der Waals surface area contributed by atoms with Gasteiger partial charge in [0.25, 0.3) is 5.91 Å². The number of carbonyl (C=O) groups excluding carboxylic acids is 2. The summed E-state index contributed by atoms with van der Waals surface area (Å²) in [6.45, 7) is 5.37. The van der Waals surface area contributed by atoms with Gasteiger partial charge in [-0.3, -0.25) is 9.59 Å². The number of benzene rings is 1. The third-order valence-corrected chi connectivity index (χ3v) is 4.96. The van der Waals surface area contributed by atoms with E-state index in [4.69, 9.17) is 5.73 Å². The van der Waals surface area contributed by atoms with Gasteiger partial charge in [-0.15, -0.1) is 0 Å². The number of hydrogen-bond donors (Lipinski definition) is 2. The number of nitrogens with one attached hydrogen (secondary N) is 1. The van der Waals surface area contributed by atoms with Crippen LogP contribution >= 0.6 is 0 Å². The zero-order chi connectivity index (χ0) is 20.3. The summed E-state index contributed by atoms with van der Waals surface area (Å²) in [5, 5.41) is 7.06. The fourth-order valence-electron chi connectivity index (χ4n) is 3.58. The van der Waals surface area contributed by atoms with Gasteiger partial charge in [-0.25, -0.2) is 9.07 Å². The summed E-state index contributed by atoms with van der Waals surface area (Å²) in [5.41, 5.74) is 7.60. The summed E-state index contributed by atoms with van der Waals surface area (Å²) in [6.07, 6.45) is 1.46. The normalized spacial score (nSPS) is 16.9. The van der Waals surface area contributed by atoms with Gasteiger partial charge in [0.05, 0.1) is 11.6 Å². The summed E-state index contributed by atoms with van der Waals surface area (Å²) in [4.78, 5) is 26.6. The molecule has 1 fully saturated rings. The molecule has 2 amide bonds. The number of rotatable bonds is 5. The van der Waals surface area contributed by atoms with Crippen molar-refractivity contribution >= 4 is 11.8 Å². The monoisotopic (exact) mass is 387 g/mol. The Morgan fingerprint density at radius 3 is 2.75 bits per heavy atom. The van der Waals surface area contributed by atoms with Crippen LogP contribution in [-0.2, 0) is 4.79 Å². The maximum atomic E-state index is 14.7. The van der Waals surface area contributed by atoms with E-state index < -0.39 is 5.82 Å². The molecule has 0 spiro atoms. The Hall–Kier alpha value is -2.74. The summed E-state index contributed by atoms with van der Waals surface area (Å²) < 4.78 is 16.2. The Morgan fingerprint density at radius 1 is 1.32 bits per heavy atom. The van der Waals surface area contributed by atoms with Crippen molar-refractivity contribution in [2.75, 3.05) is 26.2 Å². The van der Waals surface area contributed by atoms with E-state index in [-0.39, 0.29) is 23.3 Å². The fraction of sp³-hybridized carbons (Fsp3) is 0.450. The first kappa shape index (κ1) is 20.0. The third kappa shape index (κ3) is 4.22. The zero-order valence-corrected chi connectivity index (χ0v) is 16.2. The molecular formula is C20H26FN5O2. The van der Waals surface area contributed by atoms with Crippen LogP contribution in [-0.4, -0.2) is 52.7 Å². The van der Waals surface area contributed by atoms with Gasteiger partial charge in [-0.05, 0) is 51.0 Å². The largest absolute Gasteiger partial charge is 0.355 e. The molecule has 8 heteroatoms. The fourth-order valence-corrected chi connectivity index (χ4v) is 3.58. The van der Waals surface area contributed by atoms with Gasteiger partial charge < -0.3 is 16.0 Å². The number of hydrogen-bond acceptors (Lipinski definition) is 4. The molecule has 1 unspecified atom stereocenters. The number of amides is 2. The average molecular weight is 387 g/mol. The molecule has 1 atom stereocenters. The lowest BCUT2D eigenvalue weighted by molar-refractivity contribution is -0.126. The molecule has 150 valence electrons. The molecule has 0 radical (unpaired) electrons. The molecule has 3 N–H and O–H groups in total. The number of aromatic nitrogens is 2. The van der Waals surface area contributed by atoms with Crippen LogP contribution in [0.3, 0.4) is 0 Å². The number of aryl methyl sites for hydroxylation is 2. The van der Waals surface area contributed by atoms with Crippen LogP contribution < -0.4 is 11.1 Å². The Kier molecular flexibility index (Phi) is 6.08. The van der Waals surface area contributed by atoms with E-state index in [2.05, 4.69) is 10.4 Å². The lowest BCUT2D eigenvalue weighted by Gasteiger charge is -2.32. The van der Waals surface area contributed by atoms with Crippen molar-refractivity contribution < 1.29 is 14.0 Å². The molecule has 2 aromatic rings. The van der Waals surface area contributed by atoms with Crippen molar-refractivity contribution in [1.29, 1.82) is 0 Å². The van der Waals surface area contributed by atoms with Crippen molar-refractivity contribution in [1.82, 2.24) is 20.0 Å². The Morgan fingerprint density at radius 2 is 2.11 bits per heavy atom. The lowest BCUT2D eigenvalue weighted by atomic mass is 9.96. The van der Waals surface area contributed by atoms with E-state index in [9.17, 15) is 14.0 Å². The molecule has 1 aliphatic rings. The van der Waals surface area contributed by atoms with Crippen LogP contribution in [0.25, 0.3) is 5.69 Å². The Balaban J connectivity index is 1.74. The lowest BCUT2D eigenvalue weighted by Crippen LogP contribution is -2.46. The van der Waals surface area contributed by atoms with Crippen molar-refractivity contribution in [2.24, 2.45) is 11.7 Å². The van der Waals surface area contributed by atoms with E-state index in [0.717, 1.165) is 24.2 Å². The number of carbonyl (C=O) groups is 2. The molecule has 0 bridgehead atoms. The molecule has 7 nitrogen and oxygen atoms in total. The molecule has 1 saturated heterocycles. The molecule has 0 saturated carbocycles. The van der Waals surface area contributed by atoms with Crippen molar-refractivity contribution in [2.45, 2.75) is 26.7 Å². The van der Waals surface area contributed by atoms with Gasteiger partial charge >= 0.3 is 0 Å². The standard InChI is InChI=1S/C20H26FN5O2/c1-13-10-14(2)26(24-13)18-6-5-15(11-17(18)21)20(28)25-9-3-4-16(12-25)19(27)23-8-7-22/h5-6,10-11,16H,3-4,7-9,12,22H2,1-2H3,(H,23,27). The van der Waals surface area contributed by atoms with Gasteiger partial charge in [0, 0.05) is 37.4 Å². The van der Waals surface area contributed by atoms with Crippen LogP contribution in [0.1, 0.15) is 34.6 Å². The number of nitrogens with two attached hydrogens (primary N) is 1. The predicted octanol–water partition coefficient (Wildman–Crippen LogP) is 1.56. The smallest absolute Gasteiger partial charge is 0.253 e. The molecule has 3 rings (SSSR count). The van der Waals surface area contributed by atoms with Crippen LogP contribution in [0.15, 0.2) is 24.3 Å². The highest BCUT2D eigenvalue weighted by Crippen LogP contribution is 2.22. The summed E-state index contributed by atoms with van der Waals surface area (Å²) >= 11 is 0. The number of piperidine rings is 1. The van der Waals surface area contributed by atoms with E-state index in [1.807, 2.05) is 19.9 Å². The number of halogens is 1. The highest BCUT2D eigenvalue weighted by molar-refractivity contribution is 5.95. The third-order valence-electron chi connectivity index (χ3n) is 4.96. The van der Waals surface area contributed by atoms with E-state index >= 15 is 0 Å². The number of nitrogens with zero attached hydrogens (tertiary/aromatic N) is 3. The second kappa shape index (κ2) is 8.52. The van der Waals surface area contributed by atoms with Crippen LogP contribution in [0, 0.1) is 25.6 Å². The molecule has 28 heavy (non-hydrogen) atoms. The van der Waals surface area contributed by atoms with Gasteiger partial charge in [0.1, 0.15) is 11.5 Å². The quantitative estimate of drug-likeness (QED) is 0.814. The first-order chi connectivity index (χ1) is 13.4. The first-order valence-corrected chi connectivity index (χ1v) is 9.51. The van der Waals surface area contributed by atoms with Gasteiger partial charge in [0.2, 0.25) is 5.91 Å². The van der Waals surface area contributed by atoms with Crippen molar-refractivity contribution in [3.63, 3.8) is 0 Å². The summed E-state index contributed by atoms with van der Waals surface area (Å²) in [6, 6.07) is 6.28. The van der Waals surface area contributed by atoms with Gasteiger partial charge in [-0.1, -0.05) is 0 Å². The minimum Gasteiger partial charge on any atom is -0.355 e. The van der Waals surface area contributed by atoms with Crippen LogP contribution in [0.5, 0.6) is 0 Å². The van der Waals surface area contributed by atoms with E-state index in [1.165, 1.54) is 10.7 Å². The first-order valence-electron chi connectivity index (χ1n) is 9.51. The second-order valence-electron chi connectivity index (χ2n) is 7.18. The number of likely N-dealkylation sites (tertiary alicyclic amines) is 1. The molecule has 1 aliphatic heterocycles. The van der Waals surface area contributed by atoms with Gasteiger partial charge in [-0.2, -0.15) is 5.10 Å². The molecule has 1 aromatic carbocycles. The molecule has 1 aromatic heterocycles. The maximum absolute atomic E-state index is 14.7. The molecule has 0 aliphatic carbocycles. The highest BCUT2D eigenvalue weighted by atomic mass is 19.1. The maximum Gasteiger partial charge on any atom is 0.253 e. The van der Waals surface area contributed by atoms with E-state index in [1.54, 1.807) is 17.0 Å². The van der Waals surface area contributed by atoms with Crippen molar-refractivity contribution in [3.8, 4) is 5.69 Å². The summed E-state index contributed by atoms with van der Waals surface area (Å²) in [7, 11) is 0. The van der Waals surface area contributed by atoms with E-state index in [0.29, 0.717) is 31.9 Å². The molecular weight excluding hydrogens is 361 g/mol. The topological polar surface area (TPSA) is 93.2 Å². The highest BCUT2D eigenvalue weighted by Gasteiger charge is 2.29. The second-order valence-corrected chi connectivity index (χ2v) is 7.18. The SMILES string of the molecule is Cc1cc(C)n(-c2ccc(C(=O)N3CCCC(C(=O)NCCN)C3)cc2F)n1. The Labute approximate surface area is 163 Å². The van der Waals surface area contributed by atoms with Crippen LogP contribution in [0.4, 0.5) is 4.39 Å². The summed E-state index contributed by atoms with van der Waals surface area (Å²) in [5.74, 6) is -1.13. The Bertz CT molecular complexity index is 879. The van der Waals surface area contributed by atoms with Crippen LogP contribution in [0.2, 0.25) is 0 Å². The minimum absolute atomic E-state index is 0.0889. The van der Waals surface area contributed by atoms with Gasteiger partial charge in [0.15, 0.2) is 0 Å². The average Bonchev–Trinajstić information content (AvgIpc) is 3.03. The minimum atomic E-state index is -0.508. The molecule has 2 heterocycles. The zero-order valence-electron chi connectivity index (χ0n) is 16.2.